The van der Waals surface area contributed by atoms with Crippen molar-refractivity contribution >= 4 is 22.9 Å². The molecule has 3 aromatic heterocycles. The summed E-state index contributed by atoms with van der Waals surface area (Å²) < 4.78 is 1.88. The second-order valence-electron chi connectivity index (χ2n) is 5.90. The molecule has 5 nitrogen and oxygen atoms in total. The Morgan fingerprint density at radius 3 is 3.09 bits per heavy atom. The van der Waals surface area contributed by atoms with Crippen LogP contribution in [0.5, 0.6) is 0 Å². The average Bonchev–Trinajstić information content (AvgIpc) is 3.19. The number of rotatable bonds is 4. The zero-order valence-electron chi connectivity index (χ0n) is 13.0. The van der Waals surface area contributed by atoms with Gasteiger partial charge in [0.05, 0.1) is 22.0 Å². The minimum atomic E-state index is -0.0534. The molecule has 23 heavy (non-hydrogen) atoms. The second-order valence-corrected chi connectivity index (χ2v) is 7.07. The lowest BCUT2D eigenvalue weighted by Gasteiger charge is -2.04. The van der Waals surface area contributed by atoms with Gasteiger partial charge < -0.3 is 9.72 Å². The number of nitrogens with one attached hydrogen (secondary N) is 1. The first kappa shape index (κ1) is 14.4. The van der Waals surface area contributed by atoms with Crippen LogP contribution in [0.2, 0.25) is 0 Å². The highest BCUT2D eigenvalue weighted by Crippen LogP contribution is 2.27. The van der Waals surface area contributed by atoms with Crippen LogP contribution < -0.4 is 5.32 Å². The Morgan fingerprint density at radius 2 is 2.22 bits per heavy atom. The number of amides is 1. The van der Waals surface area contributed by atoms with Gasteiger partial charge in [-0.1, -0.05) is 0 Å². The first-order chi connectivity index (χ1) is 11.2. The van der Waals surface area contributed by atoms with Crippen molar-refractivity contribution in [3.05, 3.63) is 51.4 Å². The molecule has 1 amide bonds. The predicted octanol–water partition coefficient (Wildman–Crippen LogP) is 2.56. The number of hydrogen-bond acceptors (Lipinski definition) is 4. The van der Waals surface area contributed by atoms with Crippen molar-refractivity contribution in [2.45, 2.75) is 32.6 Å². The molecule has 6 heteroatoms. The van der Waals surface area contributed by atoms with Crippen LogP contribution in [-0.4, -0.2) is 26.8 Å². The molecule has 0 unspecified atom stereocenters. The largest absolute Gasteiger partial charge is 0.352 e. The molecular formula is C17H18N4OS. The normalized spacial score (nSPS) is 13.4. The van der Waals surface area contributed by atoms with Crippen LogP contribution in [0, 0.1) is 6.92 Å². The van der Waals surface area contributed by atoms with E-state index >= 15 is 0 Å². The lowest BCUT2D eigenvalue weighted by molar-refractivity contribution is 0.0953. The summed E-state index contributed by atoms with van der Waals surface area (Å²) in [4.78, 5) is 22.7. The van der Waals surface area contributed by atoms with Crippen molar-refractivity contribution in [2.24, 2.45) is 0 Å². The number of carbonyl (C=O) groups is 1. The Morgan fingerprint density at radius 1 is 1.30 bits per heavy atom. The van der Waals surface area contributed by atoms with Crippen molar-refractivity contribution in [3.8, 4) is 0 Å². The summed E-state index contributed by atoms with van der Waals surface area (Å²) in [5, 5.41) is 4.11. The maximum Gasteiger partial charge on any atom is 0.252 e. The van der Waals surface area contributed by atoms with Crippen molar-refractivity contribution in [2.75, 3.05) is 6.54 Å². The van der Waals surface area contributed by atoms with Crippen LogP contribution in [0.1, 0.15) is 38.1 Å². The van der Waals surface area contributed by atoms with E-state index in [0.717, 1.165) is 29.2 Å². The van der Waals surface area contributed by atoms with Crippen LogP contribution in [0.15, 0.2) is 24.5 Å². The maximum atomic E-state index is 12.3. The van der Waals surface area contributed by atoms with E-state index in [2.05, 4.69) is 15.3 Å². The van der Waals surface area contributed by atoms with Crippen molar-refractivity contribution in [1.82, 2.24) is 19.7 Å². The number of carbonyl (C=O) groups excluding carboxylic acids is 1. The molecule has 0 bridgehead atoms. The second kappa shape index (κ2) is 5.77. The number of aryl methyl sites for hydroxylation is 3. The van der Waals surface area contributed by atoms with E-state index in [0.29, 0.717) is 12.1 Å². The van der Waals surface area contributed by atoms with Crippen molar-refractivity contribution in [3.63, 3.8) is 0 Å². The monoisotopic (exact) mass is 326 g/mol. The molecule has 3 heterocycles. The van der Waals surface area contributed by atoms with Gasteiger partial charge in [-0.25, -0.2) is 9.97 Å². The first-order valence-electron chi connectivity index (χ1n) is 7.90. The number of thiazole rings is 1. The minimum absolute atomic E-state index is 0.0534. The molecule has 1 aliphatic carbocycles. The van der Waals surface area contributed by atoms with Crippen molar-refractivity contribution in [1.29, 1.82) is 0 Å². The molecule has 1 aliphatic rings. The quantitative estimate of drug-likeness (QED) is 0.801. The van der Waals surface area contributed by atoms with Gasteiger partial charge >= 0.3 is 0 Å². The van der Waals surface area contributed by atoms with E-state index in [1.54, 1.807) is 11.3 Å². The number of aromatic nitrogens is 3. The van der Waals surface area contributed by atoms with Gasteiger partial charge in [0.25, 0.3) is 5.91 Å². The molecule has 0 aliphatic heterocycles. The molecule has 0 saturated carbocycles. The van der Waals surface area contributed by atoms with Crippen LogP contribution >= 0.6 is 11.3 Å². The molecule has 0 saturated heterocycles. The van der Waals surface area contributed by atoms with Gasteiger partial charge in [0.2, 0.25) is 0 Å². The zero-order valence-corrected chi connectivity index (χ0v) is 13.8. The highest BCUT2D eigenvalue weighted by molar-refractivity contribution is 7.11. The lowest BCUT2D eigenvalue weighted by Crippen LogP contribution is -2.25. The summed E-state index contributed by atoms with van der Waals surface area (Å²) in [6, 6.07) is 3.68. The van der Waals surface area contributed by atoms with E-state index in [4.69, 9.17) is 0 Å². The van der Waals surface area contributed by atoms with E-state index < -0.39 is 0 Å². The topological polar surface area (TPSA) is 59.3 Å². The number of imidazole rings is 1. The average molecular weight is 326 g/mol. The smallest absolute Gasteiger partial charge is 0.252 e. The Hall–Kier alpha value is -2.21. The first-order valence-corrected chi connectivity index (χ1v) is 8.72. The zero-order chi connectivity index (χ0) is 15.8. The highest BCUT2D eigenvalue weighted by atomic mass is 32.1. The molecular weight excluding hydrogens is 308 g/mol. The minimum Gasteiger partial charge on any atom is -0.352 e. The summed E-state index contributed by atoms with van der Waals surface area (Å²) in [7, 11) is 0. The number of pyridine rings is 1. The standard InChI is InChI=1S/C17H18N4OS/c1-11-9-21-10-12(5-6-15(21)19-11)17(22)18-8-7-16-20-13-3-2-4-14(13)23-16/h5-6,9-10H,2-4,7-8H2,1H3,(H,18,22). The van der Waals surface area contributed by atoms with Gasteiger partial charge in [-0.05, 0) is 38.3 Å². The maximum absolute atomic E-state index is 12.3. The fourth-order valence-electron chi connectivity index (χ4n) is 2.99. The molecule has 1 N–H and O–H groups in total. The molecule has 0 radical (unpaired) electrons. The summed E-state index contributed by atoms with van der Waals surface area (Å²) in [5.41, 5.74) is 3.73. The Labute approximate surface area is 138 Å². The number of fused-ring (bicyclic) bond motifs is 2. The molecule has 4 rings (SSSR count). The van der Waals surface area contributed by atoms with Gasteiger partial charge in [-0.3, -0.25) is 4.79 Å². The van der Waals surface area contributed by atoms with Crippen LogP contribution in [-0.2, 0) is 19.3 Å². The Bertz CT molecular complexity index is 858. The molecule has 118 valence electrons. The third-order valence-corrected chi connectivity index (χ3v) is 5.32. The van der Waals surface area contributed by atoms with Gasteiger partial charge in [0, 0.05) is 30.2 Å². The third-order valence-electron chi connectivity index (χ3n) is 4.10. The van der Waals surface area contributed by atoms with Crippen LogP contribution in [0.3, 0.4) is 0 Å². The number of nitrogens with zero attached hydrogens (tertiary/aromatic N) is 3. The summed E-state index contributed by atoms with van der Waals surface area (Å²) in [5.74, 6) is -0.0534. The Kier molecular flexibility index (Phi) is 3.61. The third kappa shape index (κ3) is 2.86. The summed E-state index contributed by atoms with van der Waals surface area (Å²) >= 11 is 1.80. The van der Waals surface area contributed by atoms with Gasteiger partial charge in [0.15, 0.2) is 0 Å². The van der Waals surface area contributed by atoms with E-state index in [9.17, 15) is 4.79 Å². The molecule has 0 fully saturated rings. The molecule has 0 atom stereocenters. The van der Waals surface area contributed by atoms with E-state index in [-0.39, 0.29) is 5.91 Å². The predicted molar refractivity (Wildman–Crippen MR) is 90.1 cm³/mol. The molecule has 0 aromatic carbocycles. The molecule has 3 aromatic rings. The number of hydrogen-bond donors (Lipinski definition) is 1. The van der Waals surface area contributed by atoms with E-state index in [1.807, 2.05) is 35.9 Å². The van der Waals surface area contributed by atoms with Gasteiger partial charge in [-0.2, -0.15) is 0 Å². The van der Waals surface area contributed by atoms with E-state index in [1.165, 1.54) is 23.4 Å². The SMILES string of the molecule is Cc1cn2cc(C(=O)NCCc3nc4c(s3)CCC4)ccc2n1. The highest BCUT2D eigenvalue weighted by Gasteiger charge is 2.16. The Balaban J connectivity index is 1.38. The fourth-order valence-corrected chi connectivity index (χ4v) is 4.15. The molecule has 0 spiro atoms. The lowest BCUT2D eigenvalue weighted by atomic mass is 10.2. The summed E-state index contributed by atoms with van der Waals surface area (Å²) in [6.45, 7) is 2.56. The van der Waals surface area contributed by atoms with Gasteiger partial charge in [0.1, 0.15) is 5.65 Å². The van der Waals surface area contributed by atoms with Crippen LogP contribution in [0.4, 0.5) is 0 Å². The van der Waals surface area contributed by atoms with Gasteiger partial charge in [-0.15, -0.1) is 11.3 Å². The van der Waals surface area contributed by atoms with Crippen molar-refractivity contribution < 1.29 is 4.79 Å². The van der Waals surface area contributed by atoms with Crippen LogP contribution in [0.25, 0.3) is 5.65 Å². The summed E-state index contributed by atoms with van der Waals surface area (Å²) in [6.07, 6.45) is 8.06. The fraction of sp³-hybridized carbons (Fsp3) is 0.353.